The molecule has 0 N–H and O–H groups in total. The summed E-state index contributed by atoms with van der Waals surface area (Å²) in [5.41, 5.74) is 0. The molecule has 14 heavy (non-hydrogen) atoms. The summed E-state index contributed by atoms with van der Waals surface area (Å²) in [5.74, 6) is 0. The molecule has 3 rings (SSSR count). The highest BCUT2D eigenvalue weighted by Gasteiger charge is 2.12. The Hall–Kier alpha value is -1.48. The van der Waals surface area contributed by atoms with Crippen LogP contribution in [0.1, 0.15) is 0 Å². The van der Waals surface area contributed by atoms with Gasteiger partial charge in [-0.15, -0.1) is 11.3 Å². The van der Waals surface area contributed by atoms with Gasteiger partial charge in [-0.2, -0.15) is 5.06 Å². The molecule has 2 heterocycles. The maximum absolute atomic E-state index is 5.33. The first-order chi connectivity index (χ1) is 6.93. The molecule has 2 nitrogen and oxygen atoms in total. The predicted molar refractivity (Wildman–Crippen MR) is 59.4 cm³/mol. The minimum absolute atomic E-state index is 0.840. The van der Waals surface area contributed by atoms with Crippen molar-refractivity contribution in [2.24, 2.45) is 0 Å². The summed E-state index contributed by atoms with van der Waals surface area (Å²) in [6.07, 6.45) is 3.73. The molecule has 0 unspecified atom stereocenters. The van der Waals surface area contributed by atoms with E-state index < -0.39 is 0 Å². The maximum Gasteiger partial charge on any atom is 0.129 e. The van der Waals surface area contributed by atoms with Crippen molar-refractivity contribution >= 4 is 26.4 Å². The first-order valence-corrected chi connectivity index (χ1v) is 5.33. The summed E-state index contributed by atoms with van der Waals surface area (Å²) in [7, 11) is 0. The standard InChI is InChI=1S/C11H9NOS/c1-2-5-10-9(4-1)8-11(14-10)12-6-3-7-13-12/h1-5,7-8H,6H2. The molecular formula is C11H9NOS. The second kappa shape index (κ2) is 3.03. The molecule has 0 spiro atoms. The summed E-state index contributed by atoms with van der Waals surface area (Å²) in [5, 5.41) is 4.34. The number of hydrogen-bond donors (Lipinski definition) is 0. The highest BCUT2D eigenvalue weighted by molar-refractivity contribution is 7.22. The van der Waals surface area contributed by atoms with Crippen LogP contribution >= 0.6 is 11.3 Å². The topological polar surface area (TPSA) is 12.5 Å². The Morgan fingerprint density at radius 3 is 3.00 bits per heavy atom. The van der Waals surface area contributed by atoms with E-state index >= 15 is 0 Å². The molecule has 1 aliphatic rings. The van der Waals surface area contributed by atoms with Crippen LogP contribution in [0.3, 0.4) is 0 Å². The van der Waals surface area contributed by atoms with Gasteiger partial charge in [0.15, 0.2) is 0 Å². The number of hydrogen-bond acceptors (Lipinski definition) is 3. The summed E-state index contributed by atoms with van der Waals surface area (Å²) < 4.78 is 1.30. The zero-order valence-electron chi connectivity index (χ0n) is 7.51. The van der Waals surface area contributed by atoms with Gasteiger partial charge in [0.25, 0.3) is 0 Å². The van der Waals surface area contributed by atoms with E-state index in [0.29, 0.717) is 0 Å². The normalized spacial score (nSPS) is 15.0. The summed E-state index contributed by atoms with van der Waals surface area (Å²) in [4.78, 5) is 5.33. The third-order valence-corrected chi connectivity index (χ3v) is 3.34. The van der Waals surface area contributed by atoms with Gasteiger partial charge < -0.3 is 4.84 Å². The number of rotatable bonds is 1. The number of fused-ring (bicyclic) bond motifs is 1. The second-order valence-corrected chi connectivity index (χ2v) is 4.22. The Kier molecular flexibility index (Phi) is 1.70. The van der Waals surface area contributed by atoms with Crippen molar-refractivity contribution in [2.75, 3.05) is 11.6 Å². The molecule has 70 valence electrons. The van der Waals surface area contributed by atoms with Crippen molar-refractivity contribution in [1.82, 2.24) is 0 Å². The lowest BCUT2D eigenvalue weighted by Crippen LogP contribution is -2.14. The van der Waals surface area contributed by atoms with Crippen molar-refractivity contribution in [2.45, 2.75) is 0 Å². The average molecular weight is 203 g/mol. The number of benzene rings is 1. The van der Waals surface area contributed by atoms with E-state index in [1.54, 1.807) is 17.6 Å². The Balaban J connectivity index is 2.05. The molecule has 0 radical (unpaired) electrons. The fraction of sp³-hybridized carbons (Fsp3) is 0.0909. The third kappa shape index (κ3) is 1.17. The van der Waals surface area contributed by atoms with E-state index in [1.165, 1.54) is 10.1 Å². The molecule has 2 aromatic rings. The zero-order valence-corrected chi connectivity index (χ0v) is 8.33. The smallest absolute Gasteiger partial charge is 0.129 e. The van der Waals surface area contributed by atoms with E-state index in [9.17, 15) is 0 Å². The van der Waals surface area contributed by atoms with Gasteiger partial charge >= 0.3 is 0 Å². The number of hydroxylamine groups is 1. The van der Waals surface area contributed by atoms with Gasteiger partial charge in [0.05, 0.1) is 6.54 Å². The molecule has 1 aliphatic heterocycles. The van der Waals surface area contributed by atoms with Crippen LogP contribution in [0, 0.1) is 0 Å². The van der Waals surface area contributed by atoms with Gasteiger partial charge in [-0.3, -0.25) is 0 Å². The Morgan fingerprint density at radius 1 is 1.29 bits per heavy atom. The lowest BCUT2D eigenvalue weighted by molar-refractivity contribution is 0.249. The highest BCUT2D eigenvalue weighted by atomic mass is 32.1. The van der Waals surface area contributed by atoms with Gasteiger partial charge in [-0.1, -0.05) is 18.2 Å². The van der Waals surface area contributed by atoms with Crippen molar-refractivity contribution in [3.8, 4) is 0 Å². The first kappa shape index (κ1) is 7.88. The largest absolute Gasteiger partial charge is 0.387 e. The van der Waals surface area contributed by atoms with E-state index in [-0.39, 0.29) is 0 Å². The quantitative estimate of drug-likeness (QED) is 0.705. The van der Waals surface area contributed by atoms with Crippen LogP contribution in [0.15, 0.2) is 42.7 Å². The predicted octanol–water partition coefficient (Wildman–Crippen LogP) is 3.17. The number of thiophene rings is 1. The molecule has 0 saturated heterocycles. The summed E-state index contributed by atoms with van der Waals surface area (Å²) >= 11 is 1.76. The van der Waals surface area contributed by atoms with Crippen LogP contribution in [0.2, 0.25) is 0 Å². The number of nitrogens with zero attached hydrogens (tertiary/aromatic N) is 1. The van der Waals surface area contributed by atoms with Crippen molar-refractivity contribution in [3.63, 3.8) is 0 Å². The minimum Gasteiger partial charge on any atom is -0.387 e. The Labute approximate surface area is 86.0 Å². The third-order valence-electron chi connectivity index (χ3n) is 2.21. The van der Waals surface area contributed by atoms with Gasteiger partial charge in [0.2, 0.25) is 0 Å². The van der Waals surface area contributed by atoms with Crippen molar-refractivity contribution in [3.05, 3.63) is 42.7 Å². The molecule has 0 saturated carbocycles. The fourth-order valence-electron chi connectivity index (χ4n) is 1.53. The lowest BCUT2D eigenvalue weighted by atomic mass is 10.3. The van der Waals surface area contributed by atoms with Gasteiger partial charge in [0.1, 0.15) is 11.3 Å². The van der Waals surface area contributed by atoms with E-state index in [0.717, 1.165) is 11.5 Å². The Bertz CT molecular complexity index is 448. The first-order valence-electron chi connectivity index (χ1n) is 4.51. The summed E-state index contributed by atoms with van der Waals surface area (Å²) in [6.45, 7) is 0.840. The molecule has 3 heteroatoms. The fourth-order valence-corrected chi connectivity index (χ4v) is 2.55. The molecule has 1 aromatic heterocycles. The van der Waals surface area contributed by atoms with Gasteiger partial charge in [-0.05, 0) is 23.6 Å². The van der Waals surface area contributed by atoms with Crippen LogP contribution in [-0.2, 0) is 4.84 Å². The van der Waals surface area contributed by atoms with Crippen LogP contribution in [-0.4, -0.2) is 6.54 Å². The molecule has 1 aromatic carbocycles. The van der Waals surface area contributed by atoms with Gasteiger partial charge in [-0.25, -0.2) is 0 Å². The van der Waals surface area contributed by atoms with Crippen LogP contribution in [0.25, 0.3) is 10.1 Å². The van der Waals surface area contributed by atoms with Crippen LogP contribution < -0.4 is 5.06 Å². The minimum atomic E-state index is 0.840. The van der Waals surface area contributed by atoms with Gasteiger partial charge in [0, 0.05) is 4.70 Å². The maximum atomic E-state index is 5.33. The van der Waals surface area contributed by atoms with E-state index in [2.05, 4.69) is 30.3 Å². The molecule has 0 amide bonds. The number of anilines is 1. The average Bonchev–Trinajstić information content (AvgIpc) is 2.86. The monoisotopic (exact) mass is 203 g/mol. The summed E-state index contributed by atoms with van der Waals surface area (Å²) in [6, 6.07) is 10.5. The zero-order chi connectivity index (χ0) is 9.38. The molecule has 0 aliphatic carbocycles. The second-order valence-electron chi connectivity index (χ2n) is 3.16. The van der Waals surface area contributed by atoms with E-state index in [4.69, 9.17) is 4.84 Å². The SMILES string of the molecule is C1=CON(c2cc3ccccc3s2)C1. The highest BCUT2D eigenvalue weighted by Crippen LogP contribution is 2.33. The van der Waals surface area contributed by atoms with Crippen molar-refractivity contribution in [1.29, 1.82) is 0 Å². The lowest BCUT2D eigenvalue weighted by Gasteiger charge is -2.12. The van der Waals surface area contributed by atoms with E-state index in [1.807, 2.05) is 11.1 Å². The molecule has 0 bridgehead atoms. The Morgan fingerprint density at radius 2 is 2.21 bits per heavy atom. The van der Waals surface area contributed by atoms with Crippen molar-refractivity contribution < 1.29 is 4.84 Å². The van der Waals surface area contributed by atoms with Crippen LogP contribution in [0.4, 0.5) is 5.00 Å². The molecule has 0 fully saturated rings. The molecular weight excluding hydrogens is 194 g/mol. The van der Waals surface area contributed by atoms with Crippen LogP contribution in [0.5, 0.6) is 0 Å². The molecule has 0 atom stereocenters.